The Morgan fingerprint density at radius 3 is 2.53 bits per heavy atom. The Labute approximate surface area is 119 Å². The topological polar surface area (TPSA) is 55.0 Å². The molecule has 2 rings (SSSR count). The minimum Gasteiger partial charge on any atom is -0.464 e. The molecule has 0 unspecified atom stereocenters. The molecule has 96 valence electrons. The monoisotopic (exact) mass is 318 g/mol. The lowest BCUT2D eigenvalue weighted by atomic mass is 10.0. The van der Waals surface area contributed by atoms with Crippen LogP contribution >= 0.6 is 15.9 Å². The molecule has 1 heterocycles. The first kappa shape index (κ1) is 13.4. The predicted molar refractivity (Wildman–Crippen MR) is 74.6 cm³/mol. The molecule has 1 aromatic heterocycles. The van der Waals surface area contributed by atoms with Gasteiger partial charge in [0.15, 0.2) is 0 Å². The van der Waals surface area contributed by atoms with E-state index in [0.29, 0.717) is 16.8 Å². The third-order valence-corrected chi connectivity index (χ3v) is 3.34. The van der Waals surface area contributed by atoms with Crippen LogP contribution in [0.15, 0.2) is 34.9 Å². The molecular weight excluding hydrogens is 308 g/mol. The zero-order valence-corrected chi connectivity index (χ0v) is 12.1. The third kappa shape index (κ3) is 2.40. The molecule has 0 aliphatic rings. The smallest absolute Gasteiger partial charge is 0.355 e. The molecule has 0 aliphatic heterocycles. The summed E-state index contributed by atoms with van der Waals surface area (Å²) >= 11 is 3.36. The number of ether oxygens (including phenoxy) is 1. The van der Waals surface area contributed by atoms with E-state index in [1.807, 2.05) is 24.3 Å². The number of esters is 1. The maximum atomic E-state index is 11.9. The Kier molecular flexibility index (Phi) is 3.72. The Bertz CT molecular complexity index is 666. The van der Waals surface area contributed by atoms with E-state index in [4.69, 9.17) is 4.74 Å². The predicted octanol–water partition coefficient (Wildman–Crippen LogP) is 3.11. The first-order chi connectivity index (χ1) is 9.08. The second-order valence-electron chi connectivity index (χ2n) is 3.99. The number of methoxy groups -OCH3 is 1. The number of benzene rings is 1. The van der Waals surface area contributed by atoms with Crippen LogP contribution in [0.3, 0.4) is 0 Å². The molecule has 0 radical (unpaired) electrons. The van der Waals surface area contributed by atoms with E-state index in [0.717, 1.165) is 10.0 Å². The van der Waals surface area contributed by atoms with Crippen LogP contribution in [0.2, 0.25) is 0 Å². The van der Waals surface area contributed by atoms with Crippen LogP contribution in [0.4, 0.5) is 0 Å². The third-order valence-electron chi connectivity index (χ3n) is 2.81. The highest BCUT2D eigenvalue weighted by Gasteiger charge is 2.22. The number of carbonyl (C=O) groups is 1. The molecular formula is C14H11BrN2O2. The number of nitriles is 1. The summed E-state index contributed by atoms with van der Waals surface area (Å²) in [6.07, 6.45) is 1.63. The summed E-state index contributed by atoms with van der Waals surface area (Å²) in [5, 5.41) is 9.20. The van der Waals surface area contributed by atoms with Crippen molar-refractivity contribution >= 4 is 21.9 Å². The Morgan fingerprint density at radius 1 is 1.37 bits per heavy atom. The molecule has 2 aromatic rings. The number of carbonyl (C=O) groups excluding carboxylic acids is 1. The number of aryl methyl sites for hydroxylation is 1. The van der Waals surface area contributed by atoms with Gasteiger partial charge in [0.2, 0.25) is 0 Å². The van der Waals surface area contributed by atoms with Gasteiger partial charge in [-0.1, -0.05) is 28.1 Å². The van der Waals surface area contributed by atoms with E-state index >= 15 is 0 Å². The van der Waals surface area contributed by atoms with Crippen molar-refractivity contribution in [3.8, 4) is 17.2 Å². The number of hydrogen-bond donors (Lipinski definition) is 0. The zero-order chi connectivity index (χ0) is 14.0. The molecule has 0 fully saturated rings. The molecule has 1 aromatic carbocycles. The van der Waals surface area contributed by atoms with Crippen LogP contribution in [-0.4, -0.2) is 17.6 Å². The van der Waals surface area contributed by atoms with E-state index in [1.165, 1.54) is 7.11 Å². The molecule has 4 nitrogen and oxygen atoms in total. The van der Waals surface area contributed by atoms with Crippen LogP contribution in [-0.2, 0) is 11.8 Å². The lowest BCUT2D eigenvalue weighted by molar-refractivity contribution is 0.0591. The maximum Gasteiger partial charge on any atom is 0.355 e. The maximum absolute atomic E-state index is 11.9. The van der Waals surface area contributed by atoms with Gasteiger partial charge in [0.05, 0.1) is 12.7 Å². The molecule has 0 amide bonds. The van der Waals surface area contributed by atoms with Crippen molar-refractivity contribution in [1.29, 1.82) is 5.26 Å². The normalized spacial score (nSPS) is 10.0. The lowest BCUT2D eigenvalue weighted by Crippen LogP contribution is -2.08. The van der Waals surface area contributed by atoms with Crippen LogP contribution in [0.1, 0.15) is 16.1 Å². The van der Waals surface area contributed by atoms with E-state index in [-0.39, 0.29) is 0 Å². The quantitative estimate of drug-likeness (QED) is 0.799. The van der Waals surface area contributed by atoms with Gasteiger partial charge >= 0.3 is 5.97 Å². The summed E-state index contributed by atoms with van der Waals surface area (Å²) in [6.45, 7) is 0. The minimum atomic E-state index is -0.457. The fraction of sp³-hybridized carbons (Fsp3) is 0.143. The van der Waals surface area contributed by atoms with Crippen molar-refractivity contribution in [3.05, 3.63) is 46.2 Å². The molecule has 0 bridgehead atoms. The van der Waals surface area contributed by atoms with Crippen molar-refractivity contribution in [1.82, 2.24) is 4.57 Å². The highest BCUT2D eigenvalue weighted by atomic mass is 79.9. The van der Waals surface area contributed by atoms with Gasteiger partial charge in [-0.05, 0) is 17.7 Å². The van der Waals surface area contributed by atoms with Crippen molar-refractivity contribution in [3.63, 3.8) is 0 Å². The Morgan fingerprint density at radius 2 is 2.00 bits per heavy atom. The fourth-order valence-corrected chi connectivity index (χ4v) is 2.23. The second kappa shape index (κ2) is 5.29. The van der Waals surface area contributed by atoms with Gasteiger partial charge in [0.25, 0.3) is 0 Å². The van der Waals surface area contributed by atoms with Gasteiger partial charge in [-0.2, -0.15) is 5.26 Å². The number of halogens is 1. The summed E-state index contributed by atoms with van der Waals surface area (Å²) < 4.78 is 7.33. The zero-order valence-electron chi connectivity index (χ0n) is 10.5. The highest BCUT2D eigenvalue weighted by molar-refractivity contribution is 9.10. The van der Waals surface area contributed by atoms with Crippen LogP contribution in [0, 0.1) is 11.3 Å². The van der Waals surface area contributed by atoms with Crippen LogP contribution in [0.5, 0.6) is 0 Å². The largest absolute Gasteiger partial charge is 0.464 e. The van der Waals surface area contributed by atoms with Crippen LogP contribution < -0.4 is 0 Å². The Hall–Kier alpha value is -2.06. The molecule has 0 saturated heterocycles. The highest BCUT2D eigenvalue weighted by Crippen LogP contribution is 2.30. The van der Waals surface area contributed by atoms with Gasteiger partial charge < -0.3 is 9.30 Å². The average molecular weight is 319 g/mol. The van der Waals surface area contributed by atoms with E-state index < -0.39 is 5.97 Å². The average Bonchev–Trinajstić information content (AvgIpc) is 2.75. The van der Waals surface area contributed by atoms with E-state index in [1.54, 1.807) is 17.8 Å². The summed E-state index contributed by atoms with van der Waals surface area (Å²) in [5.74, 6) is -0.457. The standard InChI is InChI=1S/C14H11BrN2O2/c1-17-8-10(7-16)12(13(17)14(18)19-2)9-3-5-11(15)6-4-9/h3-6,8H,1-2H3. The molecule has 0 aliphatic carbocycles. The van der Waals surface area contributed by atoms with Gasteiger partial charge in [-0.3, -0.25) is 0 Å². The first-order valence-corrected chi connectivity index (χ1v) is 6.31. The van der Waals surface area contributed by atoms with E-state index in [9.17, 15) is 10.1 Å². The van der Waals surface area contributed by atoms with Crippen molar-refractivity contribution < 1.29 is 9.53 Å². The van der Waals surface area contributed by atoms with Gasteiger partial charge in [-0.15, -0.1) is 0 Å². The summed E-state index contributed by atoms with van der Waals surface area (Å²) in [5.41, 5.74) is 2.23. The molecule has 5 heteroatoms. The van der Waals surface area contributed by atoms with Crippen molar-refractivity contribution in [2.45, 2.75) is 0 Å². The fourth-order valence-electron chi connectivity index (χ4n) is 1.96. The van der Waals surface area contributed by atoms with Crippen molar-refractivity contribution in [2.75, 3.05) is 7.11 Å². The lowest BCUT2D eigenvalue weighted by Gasteiger charge is -2.06. The van der Waals surface area contributed by atoms with Crippen LogP contribution in [0.25, 0.3) is 11.1 Å². The number of hydrogen-bond acceptors (Lipinski definition) is 3. The van der Waals surface area contributed by atoms with Gasteiger partial charge in [-0.25, -0.2) is 4.79 Å². The molecule has 0 spiro atoms. The van der Waals surface area contributed by atoms with E-state index in [2.05, 4.69) is 22.0 Å². The first-order valence-electron chi connectivity index (χ1n) is 5.52. The van der Waals surface area contributed by atoms with Crippen molar-refractivity contribution in [2.24, 2.45) is 7.05 Å². The summed E-state index contributed by atoms with van der Waals surface area (Å²) in [7, 11) is 3.04. The minimum absolute atomic E-state index is 0.376. The van der Waals surface area contributed by atoms with Gasteiger partial charge in [0, 0.05) is 23.3 Å². The number of aromatic nitrogens is 1. The SMILES string of the molecule is COC(=O)c1c(-c2ccc(Br)cc2)c(C#N)cn1C. The number of rotatable bonds is 2. The number of nitrogens with zero attached hydrogens (tertiary/aromatic N) is 2. The second-order valence-corrected chi connectivity index (χ2v) is 4.90. The molecule has 19 heavy (non-hydrogen) atoms. The summed E-state index contributed by atoms with van der Waals surface area (Å²) in [6, 6.07) is 9.55. The van der Waals surface area contributed by atoms with Gasteiger partial charge in [0.1, 0.15) is 11.8 Å². The molecule has 0 N–H and O–H groups in total. The summed E-state index contributed by atoms with van der Waals surface area (Å²) in [4.78, 5) is 11.9. The Balaban J connectivity index is 2.70. The molecule has 0 saturated carbocycles. The molecule has 0 atom stereocenters.